The molecule has 0 aliphatic heterocycles. The molecule has 0 aromatic heterocycles. The van der Waals surface area contributed by atoms with E-state index in [-0.39, 0.29) is 44.8 Å². The van der Waals surface area contributed by atoms with Crippen molar-refractivity contribution in [2.24, 2.45) is 0 Å². The van der Waals surface area contributed by atoms with Crippen molar-refractivity contribution in [1.29, 1.82) is 0 Å². The average molecular weight is 1300 g/mol. The van der Waals surface area contributed by atoms with Gasteiger partial charge in [0.05, 0.1) is 6.17 Å². The van der Waals surface area contributed by atoms with E-state index in [9.17, 15) is 47.6 Å². The largest absolute Gasteiger partial charge is 1.00 e. The van der Waals surface area contributed by atoms with E-state index < -0.39 is 53.1 Å². The number of benzene rings is 6. The van der Waals surface area contributed by atoms with Crippen LogP contribution in [0, 0.1) is 6.42 Å². The van der Waals surface area contributed by atoms with E-state index in [1.165, 1.54) is 44.0 Å². The maximum absolute atomic E-state index is 12.0. The average Bonchev–Trinajstić information content (AvgIpc) is 3.23. The molecule has 1 aliphatic rings. The topological polar surface area (TPSA) is 82.4 Å². The second kappa shape index (κ2) is 26.2. The van der Waals surface area contributed by atoms with Gasteiger partial charge in [0.15, 0.2) is 20.0 Å². The van der Waals surface area contributed by atoms with Crippen LogP contribution in [0.2, 0.25) is 0 Å². The van der Waals surface area contributed by atoms with Gasteiger partial charge in [-0.2, -0.15) is 57.1 Å². The van der Waals surface area contributed by atoms with Gasteiger partial charge in [-0.1, -0.05) is 182 Å². The molecule has 0 saturated heterocycles. The zero-order chi connectivity index (χ0) is 43.7. The Hall–Kier alpha value is -3.62. The van der Waals surface area contributed by atoms with Crippen LogP contribution in [0.4, 0.5) is 30.7 Å². The van der Waals surface area contributed by atoms with Gasteiger partial charge in [-0.25, -0.2) is 16.8 Å². The van der Waals surface area contributed by atoms with E-state index in [0.717, 1.165) is 4.13 Å². The van der Waals surface area contributed by atoms with Gasteiger partial charge < -0.3 is 4.13 Å². The van der Waals surface area contributed by atoms with Gasteiger partial charge >= 0.3 is 33.4 Å². The standard InChI is InChI=1S/2C18H15P.C6H6F.C2F6NO4S2.2Au/c2*1-4-10-16(11-5-1)19(17-12-6-2-7-13-17)18-14-8-3-9-15-18;7-6-4-2-1-3-5-6;3-1(4,5)14(10,11)9-15(12,13)2(6,7)8;;/h2*1-15H;1-6H;;;/q;;2*-1;;+1. The summed E-state index contributed by atoms with van der Waals surface area (Å²) >= 11 is 0. The van der Waals surface area contributed by atoms with Gasteiger partial charge in [-0.05, 0) is 47.7 Å². The first-order valence-corrected chi connectivity index (χ1v) is 23.2. The van der Waals surface area contributed by atoms with Crippen molar-refractivity contribution < 1.29 is 92.3 Å². The minimum absolute atomic E-state index is 0. The first kappa shape index (κ1) is 54.5. The second-order valence-electron chi connectivity index (χ2n) is 12.0. The minimum atomic E-state index is -6.72. The number of nitrogens with zero attached hydrogens (tertiary/aromatic N) is 1. The van der Waals surface area contributed by atoms with Gasteiger partial charge in [-0.15, -0.1) is 0 Å². The number of halogens is 7. The number of allylic oxidation sites excluding steroid dienone is 4. The van der Waals surface area contributed by atoms with E-state index in [0.29, 0.717) is 0 Å². The van der Waals surface area contributed by atoms with Crippen molar-refractivity contribution in [3.63, 3.8) is 0 Å². The van der Waals surface area contributed by atoms with Crippen LogP contribution in [0.15, 0.2) is 206 Å². The number of hydrogen-bond acceptors (Lipinski definition) is 4. The summed E-state index contributed by atoms with van der Waals surface area (Å²) in [6, 6.07) is 64.7. The Bertz CT molecular complexity index is 2100. The summed E-state index contributed by atoms with van der Waals surface area (Å²) in [6.07, 6.45) is 7.34. The number of hydrogen-bond donors (Lipinski definition) is 0. The van der Waals surface area contributed by atoms with Crippen LogP contribution in [0.3, 0.4) is 0 Å². The van der Waals surface area contributed by atoms with Gasteiger partial charge in [0.2, 0.25) is 0 Å². The summed E-state index contributed by atoms with van der Waals surface area (Å²) in [5.74, 6) is 0. The molecule has 335 valence electrons. The molecule has 0 N–H and O–H groups in total. The van der Waals surface area contributed by atoms with Gasteiger partial charge in [-0.3, -0.25) is 4.39 Å². The first-order valence-electron chi connectivity index (χ1n) is 17.6. The third-order valence-corrected chi connectivity index (χ3v) is 15.3. The van der Waals surface area contributed by atoms with Crippen molar-refractivity contribution >= 4 is 67.7 Å². The van der Waals surface area contributed by atoms with E-state index >= 15 is 0 Å². The third kappa shape index (κ3) is 17.2. The van der Waals surface area contributed by atoms with Gasteiger partial charge in [0.1, 0.15) is 0 Å². The van der Waals surface area contributed by atoms with Crippen LogP contribution in [0.25, 0.3) is 4.13 Å². The van der Waals surface area contributed by atoms with E-state index in [1.54, 1.807) is 18.6 Å². The molecule has 0 saturated carbocycles. The third-order valence-electron chi connectivity index (χ3n) is 7.68. The Morgan fingerprint density at radius 2 is 0.613 bits per heavy atom. The molecular weight excluding hydrogens is 1260 g/mol. The van der Waals surface area contributed by atoms with Crippen molar-refractivity contribution in [3.05, 3.63) is 217 Å². The van der Waals surface area contributed by atoms with Crippen LogP contribution < -0.4 is 31.8 Å². The molecule has 7 rings (SSSR count). The Labute approximate surface area is 391 Å². The van der Waals surface area contributed by atoms with Crippen molar-refractivity contribution in [2.75, 3.05) is 0 Å². The molecule has 62 heavy (non-hydrogen) atoms. The van der Waals surface area contributed by atoms with E-state index in [1.807, 2.05) is 0 Å². The SMILES string of the molecule is FC1C=C[CH-]C=C1.O=S(=O)([N-]S(=O)(=O)C(F)(F)F)C(F)(F)F.[Au+].[Au].c1ccc(P(c2ccccc2)c2ccccc2)cc1.c1ccc(P(c2ccccc2)c2ccccc2)cc1. The van der Waals surface area contributed by atoms with Gasteiger partial charge in [0.25, 0.3) is 0 Å². The molecule has 6 aromatic carbocycles. The zero-order valence-corrected chi connectivity index (χ0v) is 39.6. The molecule has 1 radical (unpaired) electrons. The number of sulfonamides is 2. The Morgan fingerprint density at radius 1 is 0.419 bits per heavy atom. The number of alkyl halides is 7. The van der Waals surface area contributed by atoms with Crippen LogP contribution in [0.5, 0.6) is 0 Å². The molecule has 0 bridgehead atoms. The molecule has 0 spiro atoms. The fourth-order valence-corrected chi connectivity index (χ4v) is 11.4. The number of rotatable bonds is 8. The van der Waals surface area contributed by atoms with Crippen LogP contribution in [0.1, 0.15) is 0 Å². The van der Waals surface area contributed by atoms with Crippen molar-refractivity contribution in [1.82, 2.24) is 0 Å². The first-order chi connectivity index (χ1) is 28.5. The molecular formula is C44H36Au2F7NO4P2S2-. The van der Waals surface area contributed by atoms with Crippen LogP contribution >= 0.6 is 15.8 Å². The molecule has 0 unspecified atom stereocenters. The maximum Gasteiger partial charge on any atom is 1.00 e. The summed E-state index contributed by atoms with van der Waals surface area (Å²) in [5, 5.41) is 8.39. The Kier molecular flexibility index (Phi) is 23.1. The molecule has 0 fully saturated rings. The van der Waals surface area contributed by atoms with Crippen LogP contribution in [-0.2, 0) is 64.8 Å². The molecule has 0 atom stereocenters. The minimum Gasteiger partial charge on any atom is -0.421 e. The predicted molar refractivity (Wildman–Crippen MR) is 231 cm³/mol. The molecule has 1 aliphatic carbocycles. The summed E-state index contributed by atoms with van der Waals surface area (Å²) in [6.45, 7) is 0. The summed E-state index contributed by atoms with van der Waals surface area (Å²) in [5.41, 5.74) is -12.4. The Morgan fingerprint density at radius 3 is 0.758 bits per heavy atom. The maximum atomic E-state index is 12.0. The normalized spacial score (nSPS) is 12.4. The fourth-order valence-electron chi connectivity index (χ4n) is 5.04. The van der Waals surface area contributed by atoms with Crippen molar-refractivity contribution in [3.8, 4) is 0 Å². The molecule has 0 amide bonds. The van der Waals surface area contributed by atoms with E-state index in [4.69, 9.17) is 0 Å². The molecule has 5 nitrogen and oxygen atoms in total. The predicted octanol–water partition coefficient (Wildman–Crippen LogP) is 9.60. The molecule has 6 aromatic rings. The molecule has 0 heterocycles. The summed E-state index contributed by atoms with van der Waals surface area (Å²) in [4.78, 5) is 0. The second-order valence-corrected chi connectivity index (χ2v) is 19.9. The molecule has 18 heteroatoms. The Balaban J connectivity index is 0.000000294. The summed E-state index contributed by atoms with van der Waals surface area (Å²) in [7, 11) is -14.3. The zero-order valence-electron chi connectivity index (χ0n) is 31.8. The van der Waals surface area contributed by atoms with Crippen LogP contribution in [-0.4, -0.2) is 34.0 Å². The fraction of sp³-hybridized carbons (Fsp3) is 0.0682. The quantitative estimate of drug-likeness (QED) is 0.0659. The van der Waals surface area contributed by atoms with Gasteiger partial charge in [0, 0.05) is 22.4 Å². The monoisotopic (exact) mass is 1300 g/mol. The smallest absolute Gasteiger partial charge is 0.421 e. The summed E-state index contributed by atoms with van der Waals surface area (Å²) < 4.78 is 121. The van der Waals surface area contributed by atoms with Crippen molar-refractivity contribution in [2.45, 2.75) is 17.2 Å². The van der Waals surface area contributed by atoms with E-state index in [2.05, 4.69) is 182 Å².